The SMILES string of the molecule is CCCC(OC)C(O)c1cccc(F)c1. The first-order chi connectivity index (χ1) is 7.19. The number of benzene rings is 1. The fourth-order valence-corrected chi connectivity index (χ4v) is 1.59. The second-order valence-electron chi connectivity index (χ2n) is 3.56. The normalized spacial score (nSPS) is 14.9. The van der Waals surface area contributed by atoms with Crippen molar-refractivity contribution in [2.45, 2.75) is 32.0 Å². The molecule has 1 aromatic rings. The van der Waals surface area contributed by atoms with E-state index in [2.05, 4.69) is 0 Å². The number of hydrogen-bond acceptors (Lipinski definition) is 2. The molecule has 3 heteroatoms. The van der Waals surface area contributed by atoms with Gasteiger partial charge in [0.05, 0.1) is 6.10 Å². The van der Waals surface area contributed by atoms with Crippen LogP contribution in [0.15, 0.2) is 24.3 Å². The molecule has 1 N–H and O–H groups in total. The van der Waals surface area contributed by atoms with Gasteiger partial charge in [0.2, 0.25) is 0 Å². The van der Waals surface area contributed by atoms with Gasteiger partial charge in [0, 0.05) is 7.11 Å². The van der Waals surface area contributed by atoms with Gasteiger partial charge in [0.15, 0.2) is 0 Å². The van der Waals surface area contributed by atoms with Gasteiger partial charge in [-0.15, -0.1) is 0 Å². The molecule has 0 amide bonds. The van der Waals surface area contributed by atoms with Crippen LogP contribution in [-0.4, -0.2) is 18.3 Å². The van der Waals surface area contributed by atoms with Gasteiger partial charge in [-0.2, -0.15) is 0 Å². The van der Waals surface area contributed by atoms with Crippen LogP contribution >= 0.6 is 0 Å². The molecule has 0 aliphatic carbocycles. The molecule has 0 aromatic heterocycles. The lowest BCUT2D eigenvalue weighted by atomic mass is 10.0. The van der Waals surface area contributed by atoms with Crippen LogP contribution in [0.1, 0.15) is 31.4 Å². The summed E-state index contributed by atoms with van der Waals surface area (Å²) in [5, 5.41) is 9.94. The molecule has 0 saturated carbocycles. The first-order valence-electron chi connectivity index (χ1n) is 5.15. The zero-order valence-corrected chi connectivity index (χ0v) is 9.11. The highest BCUT2D eigenvalue weighted by atomic mass is 19.1. The molecule has 2 atom stereocenters. The summed E-state index contributed by atoms with van der Waals surface area (Å²) < 4.78 is 18.1. The van der Waals surface area contributed by atoms with Gasteiger partial charge >= 0.3 is 0 Å². The Bertz CT molecular complexity index is 301. The summed E-state index contributed by atoms with van der Waals surface area (Å²) in [6.07, 6.45) is 0.654. The molecule has 0 radical (unpaired) electrons. The number of hydrogen-bond donors (Lipinski definition) is 1. The quantitative estimate of drug-likeness (QED) is 0.813. The van der Waals surface area contributed by atoms with E-state index in [1.165, 1.54) is 12.1 Å². The predicted octanol–water partition coefficient (Wildman–Crippen LogP) is 2.67. The molecule has 0 bridgehead atoms. The number of rotatable bonds is 5. The standard InChI is InChI=1S/C12H17FO2/c1-3-5-11(15-2)12(14)9-6-4-7-10(13)8-9/h4,6-8,11-12,14H,3,5H2,1-2H3. The molecule has 84 valence electrons. The van der Waals surface area contributed by atoms with E-state index in [1.807, 2.05) is 6.92 Å². The molecule has 2 unspecified atom stereocenters. The second-order valence-corrected chi connectivity index (χ2v) is 3.56. The van der Waals surface area contributed by atoms with Crippen LogP contribution in [0.4, 0.5) is 4.39 Å². The molecular weight excluding hydrogens is 195 g/mol. The van der Waals surface area contributed by atoms with Gasteiger partial charge < -0.3 is 9.84 Å². The van der Waals surface area contributed by atoms with E-state index in [4.69, 9.17) is 4.74 Å². The molecule has 0 aliphatic rings. The van der Waals surface area contributed by atoms with Gasteiger partial charge in [-0.1, -0.05) is 25.5 Å². The van der Waals surface area contributed by atoms with Crippen molar-refractivity contribution in [1.82, 2.24) is 0 Å². The Labute approximate surface area is 89.7 Å². The molecular formula is C12H17FO2. The third kappa shape index (κ3) is 3.29. The molecule has 0 spiro atoms. The number of ether oxygens (including phenoxy) is 1. The first kappa shape index (κ1) is 12.1. The van der Waals surface area contributed by atoms with Gasteiger partial charge in [-0.3, -0.25) is 0 Å². The van der Waals surface area contributed by atoms with Crippen LogP contribution in [0.5, 0.6) is 0 Å². The predicted molar refractivity (Wildman–Crippen MR) is 57.1 cm³/mol. The average molecular weight is 212 g/mol. The van der Waals surface area contributed by atoms with Crippen molar-refractivity contribution in [3.63, 3.8) is 0 Å². The molecule has 15 heavy (non-hydrogen) atoms. The summed E-state index contributed by atoms with van der Waals surface area (Å²) in [6, 6.07) is 5.99. The smallest absolute Gasteiger partial charge is 0.123 e. The first-order valence-corrected chi connectivity index (χ1v) is 5.15. The van der Waals surface area contributed by atoms with Crippen molar-refractivity contribution >= 4 is 0 Å². The van der Waals surface area contributed by atoms with Crippen molar-refractivity contribution in [2.75, 3.05) is 7.11 Å². The fraction of sp³-hybridized carbons (Fsp3) is 0.500. The number of aliphatic hydroxyl groups excluding tert-OH is 1. The third-order valence-electron chi connectivity index (χ3n) is 2.42. The Kier molecular flexibility index (Phi) is 4.72. The zero-order chi connectivity index (χ0) is 11.3. The monoisotopic (exact) mass is 212 g/mol. The topological polar surface area (TPSA) is 29.5 Å². The lowest BCUT2D eigenvalue weighted by Crippen LogP contribution is -2.20. The highest BCUT2D eigenvalue weighted by Crippen LogP contribution is 2.22. The highest BCUT2D eigenvalue weighted by molar-refractivity contribution is 5.19. The van der Waals surface area contributed by atoms with Crippen LogP contribution < -0.4 is 0 Å². The van der Waals surface area contributed by atoms with Crippen LogP contribution in [0, 0.1) is 5.82 Å². The van der Waals surface area contributed by atoms with Crippen LogP contribution in [0.25, 0.3) is 0 Å². The van der Waals surface area contributed by atoms with Gasteiger partial charge in [-0.25, -0.2) is 4.39 Å². The summed E-state index contributed by atoms with van der Waals surface area (Å²) >= 11 is 0. The maximum absolute atomic E-state index is 12.9. The van der Waals surface area contributed by atoms with Gasteiger partial charge in [0.25, 0.3) is 0 Å². The minimum atomic E-state index is -0.759. The van der Waals surface area contributed by atoms with Gasteiger partial charge in [0.1, 0.15) is 11.9 Å². The third-order valence-corrected chi connectivity index (χ3v) is 2.42. The van der Waals surface area contributed by atoms with Crippen LogP contribution in [0.3, 0.4) is 0 Å². The van der Waals surface area contributed by atoms with Crippen LogP contribution in [-0.2, 0) is 4.74 Å². The van der Waals surface area contributed by atoms with Crippen molar-refractivity contribution < 1.29 is 14.2 Å². The molecule has 0 aliphatic heterocycles. The summed E-state index contributed by atoms with van der Waals surface area (Å²) in [4.78, 5) is 0. The van der Waals surface area contributed by atoms with Crippen molar-refractivity contribution in [3.8, 4) is 0 Å². The summed E-state index contributed by atoms with van der Waals surface area (Å²) in [7, 11) is 1.56. The average Bonchev–Trinajstić information content (AvgIpc) is 2.25. The maximum Gasteiger partial charge on any atom is 0.123 e. The van der Waals surface area contributed by atoms with Crippen molar-refractivity contribution in [1.29, 1.82) is 0 Å². The lowest BCUT2D eigenvalue weighted by Gasteiger charge is -2.21. The van der Waals surface area contributed by atoms with E-state index in [-0.39, 0.29) is 11.9 Å². The fourth-order valence-electron chi connectivity index (χ4n) is 1.59. The number of halogens is 1. The van der Waals surface area contributed by atoms with Crippen LogP contribution in [0.2, 0.25) is 0 Å². The minimum Gasteiger partial charge on any atom is -0.386 e. The maximum atomic E-state index is 12.9. The molecule has 2 nitrogen and oxygen atoms in total. The largest absolute Gasteiger partial charge is 0.386 e. The molecule has 0 saturated heterocycles. The molecule has 1 aromatic carbocycles. The Hall–Kier alpha value is -0.930. The zero-order valence-electron chi connectivity index (χ0n) is 9.11. The van der Waals surface area contributed by atoms with E-state index >= 15 is 0 Å². The van der Waals surface area contributed by atoms with E-state index in [1.54, 1.807) is 19.2 Å². The number of aliphatic hydroxyl groups is 1. The minimum absolute atomic E-state index is 0.267. The Morgan fingerprint density at radius 2 is 2.20 bits per heavy atom. The Morgan fingerprint density at radius 3 is 2.73 bits per heavy atom. The second kappa shape index (κ2) is 5.83. The highest BCUT2D eigenvalue weighted by Gasteiger charge is 2.19. The Balaban J connectivity index is 2.77. The summed E-state index contributed by atoms with van der Waals surface area (Å²) in [5.41, 5.74) is 0.565. The number of methoxy groups -OCH3 is 1. The lowest BCUT2D eigenvalue weighted by molar-refractivity contribution is -0.0180. The van der Waals surface area contributed by atoms with E-state index < -0.39 is 6.10 Å². The summed E-state index contributed by atoms with van der Waals surface area (Å²) in [5.74, 6) is -0.335. The van der Waals surface area contributed by atoms with Crippen molar-refractivity contribution in [3.05, 3.63) is 35.6 Å². The molecule has 0 fully saturated rings. The van der Waals surface area contributed by atoms with E-state index in [0.29, 0.717) is 5.56 Å². The molecule has 1 rings (SSSR count). The Morgan fingerprint density at radius 1 is 1.47 bits per heavy atom. The van der Waals surface area contributed by atoms with Crippen molar-refractivity contribution in [2.24, 2.45) is 0 Å². The summed E-state index contributed by atoms with van der Waals surface area (Å²) in [6.45, 7) is 2.02. The van der Waals surface area contributed by atoms with E-state index in [0.717, 1.165) is 12.8 Å². The van der Waals surface area contributed by atoms with E-state index in [9.17, 15) is 9.50 Å². The molecule has 0 heterocycles. The van der Waals surface area contributed by atoms with Gasteiger partial charge in [-0.05, 0) is 24.1 Å².